The predicted octanol–water partition coefficient (Wildman–Crippen LogP) is 3.78. The first-order chi connectivity index (χ1) is 12.5. The summed E-state index contributed by atoms with van der Waals surface area (Å²) in [6.07, 6.45) is 0.880. The largest absolute Gasteiger partial charge is 0.340 e. The van der Waals surface area contributed by atoms with E-state index in [9.17, 15) is 4.79 Å². The van der Waals surface area contributed by atoms with Crippen molar-refractivity contribution < 1.29 is 9.69 Å². The minimum atomic E-state index is -0.0781. The standard InChI is InChI=1S/C19H19Cl2N3OS/c1-23(2)11-4-12-24(18(25)13-7-9-14(20)10-8-13)19-22-17-15(21)5-3-6-16(17)26-19/h3,5-10H,4,11-12H2,1-2H3/p+1. The summed E-state index contributed by atoms with van der Waals surface area (Å²) in [4.78, 5) is 20.8. The number of carbonyl (C=O) groups is 1. The quantitative estimate of drug-likeness (QED) is 0.673. The molecule has 4 nitrogen and oxygen atoms in total. The van der Waals surface area contributed by atoms with E-state index < -0.39 is 0 Å². The number of benzene rings is 2. The van der Waals surface area contributed by atoms with Gasteiger partial charge in [0.2, 0.25) is 0 Å². The van der Waals surface area contributed by atoms with Crippen molar-refractivity contribution in [2.24, 2.45) is 0 Å². The molecule has 0 unspecified atom stereocenters. The Bertz CT molecular complexity index is 909. The third-order valence-electron chi connectivity index (χ3n) is 3.98. The Labute approximate surface area is 167 Å². The second-order valence-corrected chi connectivity index (χ2v) is 8.21. The summed E-state index contributed by atoms with van der Waals surface area (Å²) in [5.41, 5.74) is 1.33. The van der Waals surface area contributed by atoms with Gasteiger partial charge in [0.1, 0.15) is 5.52 Å². The molecule has 0 radical (unpaired) electrons. The van der Waals surface area contributed by atoms with Crippen LogP contribution < -0.4 is 9.80 Å². The first-order valence-corrected chi connectivity index (χ1v) is 9.94. The van der Waals surface area contributed by atoms with Gasteiger partial charge in [-0.15, -0.1) is 0 Å². The summed E-state index contributed by atoms with van der Waals surface area (Å²) in [7, 11) is 4.20. The van der Waals surface area contributed by atoms with Crippen molar-refractivity contribution in [2.75, 3.05) is 32.1 Å². The van der Waals surface area contributed by atoms with Crippen LogP contribution in [0.25, 0.3) is 10.2 Å². The topological polar surface area (TPSA) is 37.6 Å². The lowest BCUT2D eigenvalue weighted by molar-refractivity contribution is -0.858. The number of amides is 1. The molecule has 0 aliphatic rings. The van der Waals surface area contributed by atoms with Crippen LogP contribution in [0, 0.1) is 0 Å². The zero-order valence-electron chi connectivity index (χ0n) is 14.6. The van der Waals surface area contributed by atoms with Crippen molar-refractivity contribution in [3.05, 3.63) is 58.1 Å². The molecule has 1 amide bonds. The Morgan fingerprint density at radius 2 is 1.88 bits per heavy atom. The minimum absolute atomic E-state index is 0.0781. The molecular weight excluding hydrogens is 389 g/mol. The SMILES string of the molecule is C[NH+](C)CCCN(C(=O)c1ccc(Cl)cc1)c1nc2c(Cl)cccc2s1. The third-order valence-corrected chi connectivity index (χ3v) is 5.58. The number of rotatable bonds is 6. The Hall–Kier alpha value is -1.66. The van der Waals surface area contributed by atoms with Crippen LogP contribution in [0.5, 0.6) is 0 Å². The predicted molar refractivity (Wildman–Crippen MR) is 110 cm³/mol. The van der Waals surface area contributed by atoms with Crippen molar-refractivity contribution in [3.63, 3.8) is 0 Å². The fourth-order valence-electron chi connectivity index (χ4n) is 2.64. The lowest BCUT2D eigenvalue weighted by atomic mass is 10.2. The number of anilines is 1. The van der Waals surface area contributed by atoms with E-state index in [1.165, 1.54) is 16.2 Å². The highest BCUT2D eigenvalue weighted by Crippen LogP contribution is 2.33. The van der Waals surface area contributed by atoms with Crippen LogP contribution in [0.4, 0.5) is 5.13 Å². The molecule has 0 spiro atoms. The molecule has 136 valence electrons. The maximum absolute atomic E-state index is 13.1. The second-order valence-electron chi connectivity index (χ2n) is 6.36. The molecule has 3 rings (SSSR count). The third kappa shape index (κ3) is 4.35. The van der Waals surface area contributed by atoms with Gasteiger partial charge in [-0.2, -0.15) is 0 Å². The molecule has 0 aliphatic carbocycles. The molecule has 0 aliphatic heterocycles. The Kier molecular flexibility index (Phi) is 6.14. The molecule has 1 N–H and O–H groups in total. The van der Waals surface area contributed by atoms with Gasteiger partial charge in [-0.1, -0.05) is 40.6 Å². The minimum Gasteiger partial charge on any atom is -0.340 e. The summed E-state index contributed by atoms with van der Waals surface area (Å²) >= 11 is 13.7. The van der Waals surface area contributed by atoms with Gasteiger partial charge in [-0.25, -0.2) is 4.98 Å². The van der Waals surface area contributed by atoms with E-state index in [4.69, 9.17) is 23.2 Å². The number of thiazole rings is 1. The highest BCUT2D eigenvalue weighted by Gasteiger charge is 2.22. The molecule has 1 heterocycles. The van der Waals surface area contributed by atoms with Crippen LogP contribution in [-0.2, 0) is 0 Å². The van der Waals surface area contributed by atoms with Crippen LogP contribution in [0.2, 0.25) is 10.0 Å². The Morgan fingerprint density at radius 3 is 2.54 bits per heavy atom. The van der Waals surface area contributed by atoms with E-state index >= 15 is 0 Å². The maximum atomic E-state index is 13.1. The smallest absolute Gasteiger partial charge is 0.260 e. The van der Waals surface area contributed by atoms with Crippen molar-refractivity contribution >= 4 is 55.8 Å². The first-order valence-electron chi connectivity index (χ1n) is 8.37. The van der Waals surface area contributed by atoms with E-state index in [1.54, 1.807) is 29.2 Å². The van der Waals surface area contributed by atoms with Gasteiger partial charge in [-0.3, -0.25) is 9.69 Å². The maximum Gasteiger partial charge on any atom is 0.260 e. The monoisotopic (exact) mass is 408 g/mol. The fraction of sp³-hybridized carbons (Fsp3) is 0.263. The number of hydrogen-bond donors (Lipinski definition) is 1. The number of quaternary nitrogens is 1. The molecule has 0 fully saturated rings. The number of halogens is 2. The van der Waals surface area contributed by atoms with Crippen LogP contribution in [-0.4, -0.2) is 38.1 Å². The lowest BCUT2D eigenvalue weighted by Crippen LogP contribution is -3.05. The van der Waals surface area contributed by atoms with Gasteiger partial charge in [-0.05, 0) is 36.4 Å². The molecule has 2 aromatic carbocycles. The zero-order valence-corrected chi connectivity index (χ0v) is 17.0. The van der Waals surface area contributed by atoms with Crippen LogP contribution >= 0.6 is 34.5 Å². The molecule has 1 aromatic heterocycles. The Morgan fingerprint density at radius 1 is 1.15 bits per heavy atom. The van der Waals surface area contributed by atoms with Gasteiger partial charge in [0, 0.05) is 23.6 Å². The number of hydrogen-bond acceptors (Lipinski definition) is 3. The second kappa shape index (κ2) is 8.35. The van der Waals surface area contributed by atoms with Crippen molar-refractivity contribution in [3.8, 4) is 0 Å². The van der Waals surface area contributed by atoms with Gasteiger partial charge >= 0.3 is 0 Å². The number of nitrogens with one attached hydrogen (secondary N) is 1. The van der Waals surface area contributed by atoms with Crippen molar-refractivity contribution in [2.45, 2.75) is 6.42 Å². The van der Waals surface area contributed by atoms with Crippen LogP contribution in [0.15, 0.2) is 42.5 Å². The highest BCUT2D eigenvalue weighted by molar-refractivity contribution is 7.22. The molecular formula is C19H20Cl2N3OS+. The van der Waals surface area contributed by atoms with E-state index in [-0.39, 0.29) is 5.91 Å². The molecule has 26 heavy (non-hydrogen) atoms. The summed E-state index contributed by atoms with van der Waals surface area (Å²) in [6, 6.07) is 12.6. The first kappa shape index (κ1) is 19.1. The number of nitrogens with zero attached hydrogens (tertiary/aromatic N) is 2. The van der Waals surface area contributed by atoms with Crippen LogP contribution in [0.1, 0.15) is 16.8 Å². The molecule has 0 saturated heterocycles. The molecule has 3 aromatic rings. The van der Waals surface area contributed by atoms with E-state index in [2.05, 4.69) is 19.1 Å². The molecule has 0 bridgehead atoms. The molecule has 0 saturated carbocycles. The zero-order chi connectivity index (χ0) is 18.7. The summed E-state index contributed by atoms with van der Waals surface area (Å²) in [5, 5.41) is 1.87. The summed E-state index contributed by atoms with van der Waals surface area (Å²) in [6.45, 7) is 1.57. The van der Waals surface area contributed by atoms with E-state index in [0.29, 0.717) is 27.3 Å². The molecule has 7 heteroatoms. The number of carbonyl (C=O) groups excluding carboxylic acids is 1. The van der Waals surface area contributed by atoms with E-state index in [0.717, 1.165) is 23.2 Å². The number of para-hydroxylation sites is 1. The van der Waals surface area contributed by atoms with Gasteiger partial charge in [0.05, 0.1) is 30.4 Å². The number of fused-ring (bicyclic) bond motifs is 1. The average Bonchev–Trinajstić information content (AvgIpc) is 3.04. The normalized spacial score (nSPS) is 11.3. The number of aromatic nitrogens is 1. The van der Waals surface area contributed by atoms with E-state index in [1.807, 2.05) is 18.2 Å². The highest BCUT2D eigenvalue weighted by atomic mass is 35.5. The Balaban J connectivity index is 1.94. The van der Waals surface area contributed by atoms with Gasteiger partial charge < -0.3 is 4.90 Å². The fourth-order valence-corrected chi connectivity index (χ4v) is 4.06. The summed E-state index contributed by atoms with van der Waals surface area (Å²) < 4.78 is 0.972. The van der Waals surface area contributed by atoms with Gasteiger partial charge in [0.15, 0.2) is 5.13 Å². The van der Waals surface area contributed by atoms with Crippen molar-refractivity contribution in [1.29, 1.82) is 0 Å². The van der Waals surface area contributed by atoms with Crippen molar-refractivity contribution in [1.82, 2.24) is 4.98 Å². The molecule has 0 atom stereocenters. The summed E-state index contributed by atoms with van der Waals surface area (Å²) in [5.74, 6) is -0.0781. The van der Waals surface area contributed by atoms with Crippen LogP contribution in [0.3, 0.4) is 0 Å². The lowest BCUT2D eigenvalue weighted by Gasteiger charge is -2.20. The average molecular weight is 409 g/mol. The van der Waals surface area contributed by atoms with Gasteiger partial charge in [0.25, 0.3) is 5.91 Å².